The molecule has 0 bridgehead atoms. The standard InChI is InChI=1S/C46H84BN3O32P2/c47-33(51)1-5-67-9-13-71-17-18-72-14-10-68-6-2-48-34(52)27-30(41(57)49-3-7-69-11-15-73-19-21-75-23-25-77-43-35-39(55)37(53)31(45(35,59)81-43)28-79-83(61,62)63)42(58)50-4-8-70-12-16-74-20-22-76-24-26-78-44-36-40(56)38(54)32(46(36,60)82-44)29-80-84(64,65)66/h30-32,35-40,43-44,53-56,59-60H,1-29,47H2,(H,48,52)(H,49,57)(H,50,58)(H2,61,62,63)(H2,64,65,66). The average molecular weight is 1260 g/mol. The van der Waals surface area contributed by atoms with Crippen LogP contribution in [0.2, 0.25) is 0 Å². The van der Waals surface area contributed by atoms with E-state index in [1.165, 1.54) is 7.85 Å². The Morgan fingerprint density at radius 1 is 0.452 bits per heavy atom. The number of rotatable bonds is 51. The Morgan fingerprint density at radius 3 is 1.07 bits per heavy atom. The molecule has 4 rings (SSSR count). The number of fused-ring (bicyclic) bond motifs is 2. The minimum absolute atomic E-state index is 0.00307. The van der Waals surface area contributed by atoms with Crippen LogP contribution in [0.5, 0.6) is 0 Å². The molecule has 2 saturated carbocycles. The van der Waals surface area contributed by atoms with Crippen molar-refractivity contribution in [1.29, 1.82) is 0 Å². The van der Waals surface area contributed by atoms with E-state index in [1.807, 2.05) is 0 Å². The monoisotopic (exact) mass is 1260 g/mol. The van der Waals surface area contributed by atoms with Gasteiger partial charge in [0.1, 0.15) is 5.92 Å². The Hall–Kier alpha value is -2.44. The Kier molecular flexibility index (Phi) is 34.2. The smallest absolute Gasteiger partial charge is 0.390 e. The molecule has 0 spiro atoms. The largest absolute Gasteiger partial charge is 0.469 e. The SMILES string of the molecule is BC(=O)CCOCCOCCOCCOCCNC(=O)CC(C(=O)NCCOCCOCCOCCOC1OC2(O)C(COP(=O)(O)O)C(O)C(O)C12)C(=O)NCCOCCOCCOCCOC1OC2(O)C(COP(=O)(O)O)C(O)C(O)C12. The van der Waals surface area contributed by atoms with E-state index in [1.54, 1.807) is 0 Å². The molecule has 488 valence electrons. The molecule has 35 nitrogen and oxygen atoms in total. The maximum absolute atomic E-state index is 13.2. The summed E-state index contributed by atoms with van der Waals surface area (Å²) in [6.07, 6.45) is -8.55. The van der Waals surface area contributed by atoms with E-state index in [2.05, 4.69) is 25.0 Å². The van der Waals surface area contributed by atoms with Gasteiger partial charge in [0.15, 0.2) is 32.0 Å². The van der Waals surface area contributed by atoms with Crippen LogP contribution in [0, 0.1) is 29.6 Å². The number of hydrogen-bond acceptors (Lipinski definition) is 28. The predicted octanol–water partition coefficient (Wildman–Crippen LogP) is -7.67. The number of carbonyl (C=O) groups excluding carboxylic acids is 4. The Morgan fingerprint density at radius 2 is 0.750 bits per heavy atom. The van der Waals surface area contributed by atoms with Crippen LogP contribution < -0.4 is 16.0 Å². The number of phosphoric ester groups is 2. The van der Waals surface area contributed by atoms with E-state index in [0.717, 1.165) is 0 Å². The number of nitrogens with one attached hydrogen (secondary N) is 3. The van der Waals surface area contributed by atoms with E-state index in [9.17, 15) is 58.9 Å². The maximum Gasteiger partial charge on any atom is 0.469 e. The first-order valence-electron chi connectivity index (χ1n) is 27.2. The van der Waals surface area contributed by atoms with Crippen LogP contribution in [0.3, 0.4) is 0 Å². The first-order valence-corrected chi connectivity index (χ1v) is 30.3. The van der Waals surface area contributed by atoms with Crippen LogP contribution in [-0.4, -0.2) is 308 Å². The molecule has 12 atom stereocenters. The van der Waals surface area contributed by atoms with Gasteiger partial charge in [0.05, 0.1) is 212 Å². The van der Waals surface area contributed by atoms with Crippen LogP contribution in [0.15, 0.2) is 0 Å². The molecule has 12 unspecified atom stereocenters. The average Bonchev–Trinajstić information content (AvgIpc) is 2.05. The Bertz CT molecular complexity index is 1910. The normalized spacial score (nSPS) is 27.6. The van der Waals surface area contributed by atoms with Gasteiger partial charge in [-0.25, -0.2) is 9.13 Å². The second-order valence-electron chi connectivity index (χ2n) is 19.3. The molecule has 3 amide bonds. The minimum atomic E-state index is -4.91. The lowest BCUT2D eigenvalue weighted by Gasteiger charge is -2.49. The summed E-state index contributed by atoms with van der Waals surface area (Å²) in [5, 5.41) is 70.5. The zero-order chi connectivity index (χ0) is 61.6. The van der Waals surface area contributed by atoms with Gasteiger partial charge in [-0.2, -0.15) is 0 Å². The van der Waals surface area contributed by atoms with Gasteiger partial charge >= 0.3 is 15.6 Å². The molecule has 2 aliphatic carbocycles. The first kappa shape index (κ1) is 74.0. The summed E-state index contributed by atoms with van der Waals surface area (Å²) in [4.78, 5) is 86.1. The third-order valence-corrected chi connectivity index (χ3v) is 14.2. The molecule has 0 aromatic rings. The molecule has 0 aromatic heterocycles. The molecule has 2 aliphatic heterocycles. The lowest BCUT2D eigenvalue weighted by atomic mass is 9.89. The molecule has 84 heavy (non-hydrogen) atoms. The van der Waals surface area contributed by atoms with Gasteiger partial charge < -0.3 is 137 Å². The number of amides is 3. The lowest BCUT2D eigenvalue weighted by Crippen LogP contribution is -2.64. The third-order valence-electron chi connectivity index (χ3n) is 13.2. The summed E-state index contributed by atoms with van der Waals surface area (Å²) in [5.41, 5.74) is 0.0517. The molecule has 38 heteroatoms. The highest BCUT2D eigenvalue weighted by molar-refractivity contribution is 7.46. The number of carbonyl (C=O) groups is 4. The molecule has 4 aliphatic rings. The maximum atomic E-state index is 13.2. The van der Waals surface area contributed by atoms with E-state index in [4.69, 9.17) is 85.9 Å². The van der Waals surface area contributed by atoms with E-state index in [0.29, 0.717) is 39.5 Å². The van der Waals surface area contributed by atoms with Crippen LogP contribution in [0.4, 0.5) is 0 Å². The van der Waals surface area contributed by atoms with Crippen molar-refractivity contribution in [1.82, 2.24) is 16.0 Å². The number of ether oxygens (including phenoxy) is 14. The Labute approximate surface area is 484 Å². The zero-order valence-electron chi connectivity index (χ0n) is 46.7. The number of hydrogen-bond donors (Lipinski definition) is 13. The van der Waals surface area contributed by atoms with Crippen LogP contribution in [-0.2, 0) is 104 Å². The van der Waals surface area contributed by atoms with Crippen LogP contribution in [0.25, 0.3) is 0 Å². The van der Waals surface area contributed by atoms with Crippen molar-refractivity contribution in [3.05, 3.63) is 0 Å². The zero-order valence-corrected chi connectivity index (χ0v) is 48.5. The molecule has 0 radical (unpaired) electrons. The highest BCUT2D eigenvalue weighted by Crippen LogP contribution is 2.55. The molecule has 0 aromatic carbocycles. The van der Waals surface area contributed by atoms with Gasteiger partial charge in [0, 0.05) is 32.5 Å². The Balaban J connectivity index is 1.03. The molecular weight excluding hydrogens is 1180 g/mol. The minimum Gasteiger partial charge on any atom is -0.390 e. The second kappa shape index (κ2) is 38.9. The molecule has 13 N–H and O–H groups in total. The number of phosphoric acid groups is 2. The van der Waals surface area contributed by atoms with Crippen molar-refractivity contribution >= 4 is 46.9 Å². The fourth-order valence-electron chi connectivity index (χ4n) is 8.93. The highest BCUT2D eigenvalue weighted by Gasteiger charge is 2.72. The quantitative estimate of drug-likeness (QED) is 0.0116. The van der Waals surface area contributed by atoms with Gasteiger partial charge in [-0.05, 0) is 0 Å². The predicted molar refractivity (Wildman–Crippen MR) is 279 cm³/mol. The molecule has 4 fully saturated rings. The summed E-state index contributed by atoms with van der Waals surface area (Å²) < 4.78 is 107. The van der Waals surface area contributed by atoms with Gasteiger partial charge in [0.2, 0.25) is 17.7 Å². The first-order chi connectivity index (χ1) is 40.0. The van der Waals surface area contributed by atoms with E-state index >= 15 is 0 Å². The lowest BCUT2D eigenvalue weighted by molar-refractivity contribution is -0.439. The van der Waals surface area contributed by atoms with Gasteiger partial charge in [-0.15, -0.1) is 0 Å². The summed E-state index contributed by atoms with van der Waals surface area (Å²) in [6, 6.07) is 0. The second-order valence-corrected chi connectivity index (χ2v) is 21.8. The van der Waals surface area contributed by atoms with Crippen molar-refractivity contribution < 1.29 is 154 Å². The molecule has 2 saturated heterocycles. The highest BCUT2D eigenvalue weighted by atomic mass is 31.2. The summed E-state index contributed by atoms with van der Waals surface area (Å²) in [6.45, 7) is 2.35. The summed E-state index contributed by atoms with van der Waals surface area (Å²) in [7, 11) is -8.32. The molecular formula is C46H84BN3O32P2. The topological polar surface area (TPSA) is 488 Å². The van der Waals surface area contributed by atoms with Crippen LogP contribution >= 0.6 is 15.6 Å². The number of aliphatic hydroxyl groups is 6. The van der Waals surface area contributed by atoms with Crippen molar-refractivity contribution in [2.24, 2.45) is 29.6 Å². The van der Waals surface area contributed by atoms with Crippen LogP contribution in [0.1, 0.15) is 12.8 Å². The van der Waals surface area contributed by atoms with Crippen molar-refractivity contribution in [2.75, 3.05) is 178 Å². The van der Waals surface area contributed by atoms with E-state index < -0.39 is 131 Å². The van der Waals surface area contributed by atoms with Crippen molar-refractivity contribution in [3.63, 3.8) is 0 Å². The fourth-order valence-corrected chi connectivity index (χ4v) is 9.64. The number of aliphatic hydroxyl groups excluding tert-OH is 4. The van der Waals surface area contributed by atoms with Crippen molar-refractivity contribution in [3.8, 4) is 0 Å². The van der Waals surface area contributed by atoms with Gasteiger partial charge in [-0.3, -0.25) is 23.4 Å². The van der Waals surface area contributed by atoms with Crippen molar-refractivity contribution in [2.45, 2.75) is 61.4 Å². The fraction of sp³-hybridized carbons (Fsp3) is 0.913. The van der Waals surface area contributed by atoms with E-state index in [-0.39, 0.29) is 138 Å². The van der Waals surface area contributed by atoms with Gasteiger partial charge in [0.25, 0.3) is 0 Å². The molecule has 2 heterocycles. The van der Waals surface area contributed by atoms with Gasteiger partial charge in [-0.1, -0.05) is 0 Å². The third kappa shape index (κ3) is 26.0. The summed E-state index contributed by atoms with van der Waals surface area (Å²) >= 11 is 0. The summed E-state index contributed by atoms with van der Waals surface area (Å²) in [5.74, 6) is -12.5.